The van der Waals surface area contributed by atoms with E-state index in [0.717, 1.165) is 30.5 Å². The molecule has 0 aliphatic carbocycles. The normalized spacial score (nSPS) is 13.7. The second kappa shape index (κ2) is 10.9. The van der Waals surface area contributed by atoms with Gasteiger partial charge in [0.25, 0.3) is 0 Å². The van der Waals surface area contributed by atoms with Gasteiger partial charge in [0.05, 0.1) is 18.5 Å². The van der Waals surface area contributed by atoms with E-state index in [4.69, 9.17) is 21.1 Å². The molecule has 1 aromatic carbocycles. The van der Waals surface area contributed by atoms with E-state index in [1.807, 2.05) is 24.3 Å². The fourth-order valence-electron chi connectivity index (χ4n) is 1.79. The quantitative estimate of drug-likeness (QED) is 0.300. The fraction of sp³-hybridized carbons (Fsp3) is 0.500. The van der Waals surface area contributed by atoms with Gasteiger partial charge in [0.15, 0.2) is 6.29 Å². The molecular weight excluding hydrogens is 280 g/mol. The summed E-state index contributed by atoms with van der Waals surface area (Å²) in [5.41, 5.74) is 7.99. The molecule has 4 N–H and O–H groups in total. The topological polar surface area (TPSA) is 95.2 Å². The lowest BCUT2D eigenvalue weighted by Gasteiger charge is -2.15. The molecule has 0 aliphatic rings. The molecule has 0 radical (unpaired) electrons. The molecule has 0 aromatic heterocycles. The Kier molecular flexibility index (Phi) is 9.06. The number of methoxy groups -OCH3 is 1. The third-order valence-electron chi connectivity index (χ3n) is 3.17. The van der Waals surface area contributed by atoms with Crippen LogP contribution in [0.5, 0.6) is 0 Å². The highest BCUT2D eigenvalue weighted by molar-refractivity contribution is 6.31. The molecule has 0 saturated carbocycles. The first kappa shape index (κ1) is 18.3. The van der Waals surface area contributed by atoms with E-state index in [1.165, 1.54) is 0 Å². The second-order valence-corrected chi connectivity index (χ2v) is 4.87. The summed E-state index contributed by atoms with van der Waals surface area (Å²) >= 11 is 0. The van der Waals surface area contributed by atoms with Gasteiger partial charge in [0, 0.05) is 13.7 Å². The van der Waals surface area contributed by atoms with Gasteiger partial charge < -0.3 is 21.1 Å². The molecular formula is C16H26N4O2. The average molecular weight is 306 g/mol. The minimum atomic E-state index is -0.242. The molecule has 1 rings (SSSR count). The second-order valence-electron chi connectivity index (χ2n) is 4.87. The Balaban J connectivity index is 2.51. The number of nitrogens with two attached hydrogens (primary N) is 2. The standard InChI is InChI=1S/C16H26N4O2/c1-3-4-5-16(21-2)22-12-15(20-18)11-19-14-8-6-13(10-17)7-9-14/h6-9,11,16H,3-5,10,12,17-18H2,1-2H3/b19-11?,20-15+. The zero-order valence-corrected chi connectivity index (χ0v) is 13.4. The van der Waals surface area contributed by atoms with Gasteiger partial charge in [-0.25, -0.2) is 0 Å². The van der Waals surface area contributed by atoms with Crippen molar-refractivity contribution in [3.63, 3.8) is 0 Å². The monoisotopic (exact) mass is 306 g/mol. The number of hydrazone groups is 1. The maximum atomic E-state index is 5.63. The highest BCUT2D eigenvalue weighted by Crippen LogP contribution is 2.12. The van der Waals surface area contributed by atoms with Gasteiger partial charge in [0.2, 0.25) is 0 Å². The van der Waals surface area contributed by atoms with E-state index >= 15 is 0 Å². The van der Waals surface area contributed by atoms with Crippen molar-refractivity contribution in [2.45, 2.75) is 39.0 Å². The van der Waals surface area contributed by atoms with E-state index in [-0.39, 0.29) is 12.9 Å². The SMILES string of the molecule is CCCCC(OC)OC/C(C=Nc1ccc(CN)cc1)=N/N. The number of ether oxygens (including phenoxy) is 2. The van der Waals surface area contributed by atoms with Crippen molar-refractivity contribution < 1.29 is 9.47 Å². The molecule has 0 bridgehead atoms. The molecule has 0 saturated heterocycles. The van der Waals surface area contributed by atoms with Crippen LogP contribution in [0.25, 0.3) is 0 Å². The summed E-state index contributed by atoms with van der Waals surface area (Å²) in [6.07, 6.45) is 4.36. The molecule has 0 fully saturated rings. The van der Waals surface area contributed by atoms with E-state index in [1.54, 1.807) is 13.3 Å². The van der Waals surface area contributed by atoms with Crippen LogP contribution in [-0.4, -0.2) is 31.9 Å². The van der Waals surface area contributed by atoms with Crippen molar-refractivity contribution in [3.8, 4) is 0 Å². The molecule has 1 unspecified atom stereocenters. The number of nitrogens with zero attached hydrogens (tertiary/aromatic N) is 2. The Hall–Kier alpha value is -1.76. The first-order chi connectivity index (χ1) is 10.7. The van der Waals surface area contributed by atoms with Gasteiger partial charge in [0.1, 0.15) is 5.71 Å². The number of rotatable bonds is 10. The average Bonchev–Trinajstić information content (AvgIpc) is 2.58. The third kappa shape index (κ3) is 6.80. The van der Waals surface area contributed by atoms with Crippen LogP contribution in [0.15, 0.2) is 34.4 Å². The summed E-state index contributed by atoms with van der Waals surface area (Å²) in [7, 11) is 1.63. The van der Waals surface area contributed by atoms with Crippen LogP contribution in [0.1, 0.15) is 31.7 Å². The smallest absolute Gasteiger partial charge is 0.157 e. The Morgan fingerprint density at radius 2 is 2.05 bits per heavy atom. The minimum absolute atomic E-state index is 0.242. The van der Waals surface area contributed by atoms with Gasteiger partial charge in [-0.1, -0.05) is 25.5 Å². The van der Waals surface area contributed by atoms with Crippen LogP contribution in [0.2, 0.25) is 0 Å². The van der Waals surface area contributed by atoms with E-state index in [2.05, 4.69) is 17.0 Å². The Bertz CT molecular complexity index is 472. The number of unbranched alkanes of at least 4 members (excludes halogenated alkanes) is 1. The Labute approximate surface area is 132 Å². The minimum Gasteiger partial charge on any atom is -0.356 e. The predicted molar refractivity (Wildman–Crippen MR) is 90.4 cm³/mol. The van der Waals surface area contributed by atoms with Crippen LogP contribution in [-0.2, 0) is 16.0 Å². The van der Waals surface area contributed by atoms with Gasteiger partial charge in [-0.05, 0) is 30.5 Å². The lowest BCUT2D eigenvalue weighted by atomic mass is 10.2. The van der Waals surface area contributed by atoms with Crippen LogP contribution in [0, 0.1) is 0 Å². The summed E-state index contributed by atoms with van der Waals surface area (Å²) in [6.45, 7) is 2.91. The molecule has 0 aliphatic heterocycles. The first-order valence-electron chi connectivity index (χ1n) is 7.47. The van der Waals surface area contributed by atoms with Crippen molar-refractivity contribution in [3.05, 3.63) is 29.8 Å². The zero-order valence-electron chi connectivity index (χ0n) is 13.4. The van der Waals surface area contributed by atoms with Crippen molar-refractivity contribution in [1.29, 1.82) is 0 Å². The Morgan fingerprint density at radius 3 is 2.59 bits per heavy atom. The van der Waals surface area contributed by atoms with E-state index < -0.39 is 0 Å². The molecule has 0 spiro atoms. The maximum Gasteiger partial charge on any atom is 0.157 e. The largest absolute Gasteiger partial charge is 0.356 e. The first-order valence-corrected chi connectivity index (χ1v) is 7.47. The Morgan fingerprint density at radius 1 is 1.32 bits per heavy atom. The third-order valence-corrected chi connectivity index (χ3v) is 3.17. The predicted octanol–water partition coefficient (Wildman–Crippen LogP) is 2.34. The molecule has 0 amide bonds. The zero-order chi connectivity index (χ0) is 16.2. The summed E-state index contributed by atoms with van der Waals surface area (Å²) in [4.78, 5) is 4.32. The fourth-order valence-corrected chi connectivity index (χ4v) is 1.79. The van der Waals surface area contributed by atoms with Crippen molar-refractivity contribution in [2.24, 2.45) is 21.7 Å². The van der Waals surface area contributed by atoms with Gasteiger partial charge in [-0.15, -0.1) is 0 Å². The number of benzene rings is 1. The molecule has 1 aromatic rings. The van der Waals surface area contributed by atoms with Crippen LogP contribution >= 0.6 is 0 Å². The molecule has 122 valence electrons. The highest BCUT2D eigenvalue weighted by atomic mass is 16.7. The summed E-state index contributed by atoms with van der Waals surface area (Å²) < 4.78 is 10.9. The van der Waals surface area contributed by atoms with Crippen molar-refractivity contribution in [1.82, 2.24) is 0 Å². The molecule has 1 atom stereocenters. The summed E-state index contributed by atoms with van der Waals surface area (Å²) in [5.74, 6) is 5.37. The van der Waals surface area contributed by atoms with Gasteiger partial charge >= 0.3 is 0 Å². The van der Waals surface area contributed by atoms with E-state index in [9.17, 15) is 0 Å². The van der Waals surface area contributed by atoms with Crippen molar-refractivity contribution >= 4 is 17.6 Å². The molecule has 6 nitrogen and oxygen atoms in total. The number of hydrogen-bond acceptors (Lipinski definition) is 6. The maximum absolute atomic E-state index is 5.63. The van der Waals surface area contributed by atoms with Gasteiger partial charge in [-0.2, -0.15) is 5.10 Å². The van der Waals surface area contributed by atoms with Gasteiger partial charge in [-0.3, -0.25) is 4.99 Å². The number of hydrogen-bond donors (Lipinski definition) is 2. The summed E-state index contributed by atoms with van der Waals surface area (Å²) in [5, 5.41) is 3.69. The van der Waals surface area contributed by atoms with E-state index in [0.29, 0.717) is 12.3 Å². The highest BCUT2D eigenvalue weighted by Gasteiger charge is 2.08. The van der Waals surface area contributed by atoms with Crippen LogP contribution in [0.4, 0.5) is 5.69 Å². The lowest BCUT2D eigenvalue weighted by molar-refractivity contribution is -0.116. The van der Waals surface area contributed by atoms with Crippen LogP contribution in [0.3, 0.4) is 0 Å². The van der Waals surface area contributed by atoms with Crippen LogP contribution < -0.4 is 11.6 Å². The molecule has 0 heterocycles. The summed E-state index contributed by atoms with van der Waals surface area (Å²) in [6, 6.07) is 7.67. The number of aliphatic imine (C=N–C) groups is 1. The van der Waals surface area contributed by atoms with Crippen molar-refractivity contribution in [2.75, 3.05) is 13.7 Å². The molecule has 6 heteroatoms. The molecule has 22 heavy (non-hydrogen) atoms. The lowest BCUT2D eigenvalue weighted by Crippen LogP contribution is -2.21.